The van der Waals surface area contributed by atoms with E-state index in [-0.39, 0.29) is 6.04 Å². The van der Waals surface area contributed by atoms with Crippen molar-refractivity contribution >= 4 is 0 Å². The van der Waals surface area contributed by atoms with Gasteiger partial charge >= 0.3 is 0 Å². The van der Waals surface area contributed by atoms with E-state index < -0.39 is 0 Å². The molecule has 1 heterocycles. The first-order valence-electron chi connectivity index (χ1n) is 7.38. The lowest BCUT2D eigenvalue weighted by atomic mass is 10.0. The molecule has 1 aliphatic heterocycles. The summed E-state index contributed by atoms with van der Waals surface area (Å²) in [6.07, 6.45) is 1.22. The molecule has 0 amide bonds. The molecule has 1 aromatic carbocycles. The molecule has 2 atom stereocenters. The second-order valence-corrected chi connectivity index (χ2v) is 5.60. The molecule has 0 bridgehead atoms. The van der Waals surface area contributed by atoms with Gasteiger partial charge in [0.25, 0.3) is 0 Å². The zero-order chi connectivity index (χ0) is 15.4. The van der Waals surface area contributed by atoms with E-state index in [1.165, 1.54) is 6.42 Å². The van der Waals surface area contributed by atoms with Crippen molar-refractivity contribution in [1.82, 2.24) is 4.90 Å². The van der Waals surface area contributed by atoms with Crippen LogP contribution in [0, 0.1) is 5.92 Å². The summed E-state index contributed by atoms with van der Waals surface area (Å²) in [5.74, 6) is 2.70. The molecular formula is C16H26N2O3. The molecule has 0 aliphatic carbocycles. The van der Waals surface area contributed by atoms with Crippen molar-refractivity contribution in [3.63, 3.8) is 0 Å². The van der Waals surface area contributed by atoms with Gasteiger partial charge in [-0.3, -0.25) is 4.90 Å². The Morgan fingerprint density at radius 2 is 1.81 bits per heavy atom. The molecule has 5 heteroatoms. The Labute approximate surface area is 127 Å². The maximum Gasteiger partial charge on any atom is 0.203 e. The van der Waals surface area contributed by atoms with Gasteiger partial charge in [0.1, 0.15) is 0 Å². The van der Waals surface area contributed by atoms with Crippen LogP contribution in [0.1, 0.15) is 24.9 Å². The van der Waals surface area contributed by atoms with Crippen LogP contribution < -0.4 is 19.9 Å². The molecule has 5 nitrogen and oxygen atoms in total. The molecule has 0 saturated carbocycles. The molecular weight excluding hydrogens is 268 g/mol. The maximum absolute atomic E-state index is 6.03. The maximum atomic E-state index is 6.03. The second kappa shape index (κ2) is 7.00. The number of methoxy groups -OCH3 is 3. The Kier molecular flexibility index (Phi) is 5.31. The van der Waals surface area contributed by atoms with Gasteiger partial charge < -0.3 is 19.9 Å². The van der Waals surface area contributed by atoms with E-state index >= 15 is 0 Å². The standard InChI is InChI=1S/C16H26N2O3/c1-11-5-6-18(10-11)13(9-17)12-7-14(19-2)16(21-4)15(8-12)20-3/h7-8,11,13H,5-6,9-10,17H2,1-4H3. The van der Waals surface area contributed by atoms with E-state index in [2.05, 4.69) is 11.8 Å². The van der Waals surface area contributed by atoms with Gasteiger partial charge in [0.05, 0.1) is 21.3 Å². The lowest BCUT2D eigenvalue weighted by molar-refractivity contribution is 0.241. The molecule has 1 saturated heterocycles. The fourth-order valence-electron chi connectivity index (χ4n) is 3.04. The normalized spacial score (nSPS) is 20.3. The van der Waals surface area contributed by atoms with Gasteiger partial charge in [0.2, 0.25) is 5.75 Å². The van der Waals surface area contributed by atoms with Crippen LogP contribution >= 0.6 is 0 Å². The summed E-state index contributed by atoms with van der Waals surface area (Å²) in [6.45, 7) is 5.02. The number of likely N-dealkylation sites (tertiary alicyclic amines) is 1. The van der Waals surface area contributed by atoms with Crippen LogP contribution in [0.5, 0.6) is 17.2 Å². The summed E-state index contributed by atoms with van der Waals surface area (Å²) in [7, 11) is 4.88. The van der Waals surface area contributed by atoms with Crippen LogP contribution in [0.25, 0.3) is 0 Å². The third-order valence-corrected chi connectivity index (χ3v) is 4.19. The number of benzene rings is 1. The number of rotatable bonds is 6. The highest BCUT2D eigenvalue weighted by Crippen LogP contribution is 2.41. The van der Waals surface area contributed by atoms with Crippen molar-refractivity contribution in [3.8, 4) is 17.2 Å². The minimum Gasteiger partial charge on any atom is -0.493 e. The van der Waals surface area contributed by atoms with Crippen LogP contribution in [-0.2, 0) is 0 Å². The van der Waals surface area contributed by atoms with E-state index in [9.17, 15) is 0 Å². The van der Waals surface area contributed by atoms with E-state index in [0.29, 0.717) is 23.8 Å². The first kappa shape index (κ1) is 15.9. The van der Waals surface area contributed by atoms with Crippen LogP contribution in [-0.4, -0.2) is 45.9 Å². The molecule has 2 N–H and O–H groups in total. The number of hydrogen-bond donors (Lipinski definition) is 1. The van der Waals surface area contributed by atoms with Crippen LogP contribution in [0.3, 0.4) is 0 Å². The van der Waals surface area contributed by atoms with Crippen molar-refractivity contribution in [1.29, 1.82) is 0 Å². The summed E-state index contributed by atoms with van der Waals surface area (Å²) in [5.41, 5.74) is 7.14. The Morgan fingerprint density at radius 3 is 2.19 bits per heavy atom. The van der Waals surface area contributed by atoms with E-state index in [1.807, 2.05) is 12.1 Å². The van der Waals surface area contributed by atoms with Gasteiger partial charge in [-0.2, -0.15) is 0 Å². The minimum absolute atomic E-state index is 0.184. The van der Waals surface area contributed by atoms with Crippen molar-refractivity contribution in [3.05, 3.63) is 17.7 Å². The van der Waals surface area contributed by atoms with Gasteiger partial charge in [0.15, 0.2) is 11.5 Å². The Bertz CT molecular complexity index is 454. The predicted molar refractivity (Wildman–Crippen MR) is 83.2 cm³/mol. The molecule has 0 radical (unpaired) electrons. The molecule has 0 spiro atoms. The van der Waals surface area contributed by atoms with Crippen LogP contribution in [0.15, 0.2) is 12.1 Å². The number of ether oxygens (including phenoxy) is 3. The SMILES string of the molecule is COc1cc(C(CN)N2CCC(C)C2)cc(OC)c1OC. The van der Waals surface area contributed by atoms with E-state index in [0.717, 1.165) is 24.6 Å². The highest BCUT2D eigenvalue weighted by molar-refractivity contribution is 5.54. The van der Waals surface area contributed by atoms with Crippen molar-refractivity contribution in [2.24, 2.45) is 11.7 Å². The van der Waals surface area contributed by atoms with Gasteiger partial charge in [-0.15, -0.1) is 0 Å². The number of nitrogens with zero attached hydrogens (tertiary/aromatic N) is 1. The van der Waals surface area contributed by atoms with Gasteiger partial charge in [-0.05, 0) is 36.6 Å². The molecule has 1 aliphatic rings. The molecule has 21 heavy (non-hydrogen) atoms. The van der Waals surface area contributed by atoms with Crippen molar-refractivity contribution in [2.75, 3.05) is 41.0 Å². The highest BCUT2D eigenvalue weighted by atomic mass is 16.5. The molecule has 1 fully saturated rings. The Morgan fingerprint density at radius 1 is 1.19 bits per heavy atom. The number of hydrogen-bond acceptors (Lipinski definition) is 5. The van der Waals surface area contributed by atoms with Gasteiger partial charge in [-0.25, -0.2) is 0 Å². The minimum atomic E-state index is 0.184. The summed E-state index contributed by atoms with van der Waals surface area (Å²) < 4.78 is 16.2. The summed E-state index contributed by atoms with van der Waals surface area (Å²) in [5, 5.41) is 0. The van der Waals surface area contributed by atoms with Crippen molar-refractivity contribution < 1.29 is 14.2 Å². The number of nitrogens with two attached hydrogens (primary N) is 1. The second-order valence-electron chi connectivity index (χ2n) is 5.60. The van der Waals surface area contributed by atoms with Crippen LogP contribution in [0.2, 0.25) is 0 Å². The molecule has 0 aromatic heterocycles. The van der Waals surface area contributed by atoms with E-state index in [1.54, 1.807) is 21.3 Å². The van der Waals surface area contributed by atoms with Crippen molar-refractivity contribution in [2.45, 2.75) is 19.4 Å². The summed E-state index contributed by atoms with van der Waals surface area (Å²) in [4.78, 5) is 2.44. The predicted octanol–water partition coefficient (Wildman–Crippen LogP) is 2.05. The first-order chi connectivity index (χ1) is 10.1. The monoisotopic (exact) mass is 294 g/mol. The fraction of sp³-hybridized carbons (Fsp3) is 0.625. The zero-order valence-corrected chi connectivity index (χ0v) is 13.4. The third-order valence-electron chi connectivity index (χ3n) is 4.19. The van der Waals surface area contributed by atoms with Gasteiger partial charge in [-0.1, -0.05) is 6.92 Å². The average molecular weight is 294 g/mol. The van der Waals surface area contributed by atoms with E-state index in [4.69, 9.17) is 19.9 Å². The van der Waals surface area contributed by atoms with Gasteiger partial charge in [0, 0.05) is 19.1 Å². The molecule has 2 unspecified atom stereocenters. The summed E-state index contributed by atoms with van der Waals surface area (Å²) in [6, 6.07) is 4.19. The topological polar surface area (TPSA) is 57.0 Å². The Hall–Kier alpha value is -1.46. The lowest BCUT2D eigenvalue weighted by Crippen LogP contribution is -2.32. The highest BCUT2D eigenvalue weighted by Gasteiger charge is 2.27. The quantitative estimate of drug-likeness (QED) is 0.870. The molecule has 118 valence electrons. The Balaban J connectivity index is 2.37. The summed E-state index contributed by atoms with van der Waals surface area (Å²) >= 11 is 0. The smallest absolute Gasteiger partial charge is 0.203 e. The zero-order valence-electron chi connectivity index (χ0n) is 13.4. The molecule has 2 rings (SSSR count). The van der Waals surface area contributed by atoms with Crippen LogP contribution in [0.4, 0.5) is 0 Å². The lowest BCUT2D eigenvalue weighted by Gasteiger charge is -2.28. The first-order valence-corrected chi connectivity index (χ1v) is 7.38. The molecule has 1 aromatic rings. The largest absolute Gasteiger partial charge is 0.493 e. The fourth-order valence-corrected chi connectivity index (χ4v) is 3.04. The third kappa shape index (κ3) is 3.24. The average Bonchev–Trinajstić information content (AvgIpc) is 2.93.